The summed E-state index contributed by atoms with van der Waals surface area (Å²) in [6.45, 7) is 3.24. The van der Waals surface area contributed by atoms with Crippen molar-refractivity contribution >= 4 is 0 Å². The number of hydrogen-bond donors (Lipinski definition) is 0. The molecule has 2 rings (SSSR count). The monoisotopic (exact) mass is 242 g/mol. The van der Waals surface area contributed by atoms with Crippen molar-refractivity contribution in [1.29, 1.82) is 0 Å². The molecule has 0 aromatic heterocycles. The minimum Gasteiger partial charge on any atom is -0.489 e. The van der Waals surface area contributed by atoms with Crippen LogP contribution in [0, 0.1) is 6.92 Å². The Balaban J connectivity index is 2.08. The number of benzene rings is 2. The molecule has 0 fully saturated rings. The van der Waals surface area contributed by atoms with Crippen molar-refractivity contribution in [3.63, 3.8) is 0 Å². The van der Waals surface area contributed by atoms with Crippen molar-refractivity contribution in [2.75, 3.05) is 7.11 Å². The Labute approximate surface area is 108 Å². The number of methoxy groups -OCH3 is 1. The lowest BCUT2D eigenvalue weighted by molar-refractivity contribution is 0.182. The smallest absolute Gasteiger partial charge is 0.122 e. The summed E-state index contributed by atoms with van der Waals surface area (Å²) in [4.78, 5) is 0. The highest BCUT2D eigenvalue weighted by Gasteiger charge is 2.03. The SMILES string of the molecule is COCc1ccccc1COc1ccccc1C. The molecule has 0 saturated heterocycles. The van der Waals surface area contributed by atoms with E-state index in [-0.39, 0.29) is 0 Å². The summed E-state index contributed by atoms with van der Waals surface area (Å²) in [5.74, 6) is 0.935. The van der Waals surface area contributed by atoms with Crippen molar-refractivity contribution < 1.29 is 9.47 Å². The van der Waals surface area contributed by atoms with Crippen LogP contribution in [0.5, 0.6) is 5.75 Å². The van der Waals surface area contributed by atoms with Gasteiger partial charge in [-0.1, -0.05) is 42.5 Å². The predicted octanol–water partition coefficient (Wildman–Crippen LogP) is 3.72. The molecule has 0 aliphatic carbocycles. The fourth-order valence-electron chi connectivity index (χ4n) is 1.87. The van der Waals surface area contributed by atoms with Gasteiger partial charge in [-0.05, 0) is 29.7 Å². The highest BCUT2D eigenvalue weighted by atomic mass is 16.5. The van der Waals surface area contributed by atoms with Gasteiger partial charge in [0.05, 0.1) is 6.61 Å². The molecule has 0 N–H and O–H groups in total. The van der Waals surface area contributed by atoms with Gasteiger partial charge in [-0.3, -0.25) is 0 Å². The zero-order valence-corrected chi connectivity index (χ0v) is 10.8. The highest BCUT2D eigenvalue weighted by molar-refractivity contribution is 5.33. The molecule has 0 radical (unpaired) electrons. The van der Waals surface area contributed by atoms with Crippen molar-refractivity contribution in [3.05, 3.63) is 65.2 Å². The third kappa shape index (κ3) is 3.11. The van der Waals surface area contributed by atoms with Crippen LogP contribution in [0.4, 0.5) is 0 Å². The van der Waals surface area contributed by atoms with E-state index in [1.165, 1.54) is 11.1 Å². The molecule has 2 aromatic carbocycles. The van der Waals surface area contributed by atoms with Crippen LogP contribution in [0.15, 0.2) is 48.5 Å². The van der Waals surface area contributed by atoms with E-state index in [4.69, 9.17) is 9.47 Å². The molecule has 0 aliphatic rings. The second kappa shape index (κ2) is 6.22. The molecule has 0 aliphatic heterocycles. The number of rotatable bonds is 5. The fourth-order valence-corrected chi connectivity index (χ4v) is 1.87. The third-order valence-corrected chi connectivity index (χ3v) is 2.89. The van der Waals surface area contributed by atoms with E-state index in [9.17, 15) is 0 Å². The molecule has 0 spiro atoms. The van der Waals surface area contributed by atoms with Crippen LogP contribution in [-0.2, 0) is 18.0 Å². The zero-order chi connectivity index (χ0) is 12.8. The molecule has 0 heterocycles. The largest absolute Gasteiger partial charge is 0.489 e. The van der Waals surface area contributed by atoms with Crippen molar-refractivity contribution in [2.24, 2.45) is 0 Å². The summed E-state index contributed by atoms with van der Waals surface area (Å²) in [6.07, 6.45) is 0. The molecule has 2 heteroatoms. The van der Waals surface area contributed by atoms with E-state index in [0.717, 1.165) is 11.3 Å². The van der Waals surface area contributed by atoms with Crippen molar-refractivity contribution in [3.8, 4) is 5.75 Å². The second-order valence-electron chi connectivity index (χ2n) is 4.26. The maximum atomic E-state index is 5.85. The van der Waals surface area contributed by atoms with Gasteiger partial charge >= 0.3 is 0 Å². The van der Waals surface area contributed by atoms with Crippen molar-refractivity contribution in [2.45, 2.75) is 20.1 Å². The fraction of sp³-hybridized carbons (Fsp3) is 0.250. The van der Waals surface area contributed by atoms with E-state index in [1.54, 1.807) is 7.11 Å². The second-order valence-corrected chi connectivity index (χ2v) is 4.26. The van der Waals surface area contributed by atoms with Gasteiger partial charge < -0.3 is 9.47 Å². The van der Waals surface area contributed by atoms with Gasteiger partial charge in [0.1, 0.15) is 12.4 Å². The molecular formula is C16H18O2. The molecule has 18 heavy (non-hydrogen) atoms. The first-order chi connectivity index (χ1) is 8.81. The third-order valence-electron chi connectivity index (χ3n) is 2.89. The Bertz CT molecular complexity index is 506. The van der Waals surface area contributed by atoms with E-state index in [0.29, 0.717) is 13.2 Å². The van der Waals surface area contributed by atoms with E-state index >= 15 is 0 Å². The Morgan fingerprint density at radius 2 is 1.44 bits per heavy atom. The van der Waals surface area contributed by atoms with Crippen LogP contribution in [0.1, 0.15) is 16.7 Å². The van der Waals surface area contributed by atoms with Gasteiger partial charge in [0.25, 0.3) is 0 Å². The molecule has 0 saturated carbocycles. The zero-order valence-electron chi connectivity index (χ0n) is 10.8. The Kier molecular flexibility index (Phi) is 4.37. The van der Waals surface area contributed by atoms with E-state index in [2.05, 4.69) is 25.1 Å². The van der Waals surface area contributed by atoms with Crippen molar-refractivity contribution in [1.82, 2.24) is 0 Å². The number of hydrogen-bond acceptors (Lipinski definition) is 2. The van der Waals surface area contributed by atoms with Crippen LogP contribution in [-0.4, -0.2) is 7.11 Å². The van der Waals surface area contributed by atoms with Gasteiger partial charge in [-0.2, -0.15) is 0 Å². The quantitative estimate of drug-likeness (QED) is 0.795. The number of ether oxygens (including phenoxy) is 2. The molecule has 0 atom stereocenters. The van der Waals surface area contributed by atoms with Gasteiger partial charge in [-0.25, -0.2) is 0 Å². The van der Waals surface area contributed by atoms with Crippen LogP contribution in [0.2, 0.25) is 0 Å². The minimum atomic E-state index is 0.574. The van der Waals surface area contributed by atoms with Gasteiger partial charge in [-0.15, -0.1) is 0 Å². The summed E-state index contributed by atoms with van der Waals surface area (Å²) in [5, 5.41) is 0. The Morgan fingerprint density at radius 3 is 2.11 bits per heavy atom. The van der Waals surface area contributed by atoms with Crippen LogP contribution in [0.25, 0.3) is 0 Å². The first kappa shape index (κ1) is 12.7. The summed E-state index contributed by atoms with van der Waals surface area (Å²) in [5.41, 5.74) is 3.50. The minimum absolute atomic E-state index is 0.574. The van der Waals surface area contributed by atoms with E-state index < -0.39 is 0 Å². The topological polar surface area (TPSA) is 18.5 Å². The number of para-hydroxylation sites is 1. The first-order valence-electron chi connectivity index (χ1n) is 6.05. The maximum Gasteiger partial charge on any atom is 0.122 e. The predicted molar refractivity (Wildman–Crippen MR) is 72.7 cm³/mol. The lowest BCUT2D eigenvalue weighted by Crippen LogP contribution is -2.01. The molecular weight excluding hydrogens is 224 g/mol. The molecule has 2 nitrogen and oxygen atoms in total. The van der Waals surface area contributed by atoms with Gasteiger partial charge in [0.2, 0.25) is 0 Å². The maximum absolute atomic E-state index is 5.85. The van der Waals surface area contributed by atoms with E-state index in [1.807, 2.05) is 30.3 Å². The van der Waals surface area contributed by atoms with Gasteiger partial charge in [0, 0.05) is 7.11 Å². The Hall–Kier alpha value is -1.80. The summed E-state index contributed by atoms with van der Waals surface area (Å²) in [6, 6.07) is 16.2. The average molecular weight is 242 g/mol. The standard InChI is InChI=1S/C16H18O2/c1-13-7-3-6-10-16(13)18-12-15-9-5-4-8-14(15)11-17-2/h3-10H,11-12H2,1-2H3. The number of aryl methyl sites for hydroxylation is 1. The summed E-state index contributed by atoms with van der Waals surface area (Å²) < 4.78 is 11.0. The highest BCUT2D eigenvalue weighted by Crippen LogP contribution is 2.19. The first-order valence-corrected chi connectivity index (χ1v) is 6.05. The molecule has 94 valence electrons. The molecule has 0 bridgehead atoms. The summed E-state index contributed by atoms with van der Waals surface area (Å²) >= 11 is 0. The average Bonchev–Trinajstić information content (AvgIpc) is 2.40. The lowest BCUT2D eigenvalue weighted by atomic mass is 10.1. The lowest BCUT2D eigenvalue weighted by Gasteiger charge is -2.12. The summed E-state index contributed by atoms with van der Waals surface area (Å²) in [7, 11) is 1.71. The Morgan fingerprint density at radius 1 is 0.833 bits per heavy atom. The normalized spacial score (nSPS) is 10.3. The van der Waals surface area contributed by atoms with Gasteiger partial charge in [0.15, 0.2) is 0 Å². The molecule has 0 amide bonds. The van der Waals surface area contributed by atoms with Crippen LogP contribution in [0.3, 0.4) is 0 Å². The van der Waals surface area contributed by atoms with Crippen LogP contribution < -0.4 is 4.74 Å². The van der Waals surface area contributed by atoms with Crippen LogP contribution >= 0.6 is 0 Å². The molecule has 2 aromatic rings. The molecule has 0 unspecified atom stereocenters.